The monoisotopic (exact) mass is 210 g/mol. The van der Waals surface area contributed by atoms with Crippen LogP contribution in [0.25, 0.3) is 0 Å². The zero-order valence-corrected chi connectivity index (χ0v) is 9.41. The standard InChI is InChI=1S/C11H18N2O2/c1-8(7-9-5-4-6-15-9)13-10(14)11(2,3)12/h4-6,8H,7,12H2,1-3H3,(H,13,14). The van der Waals surface area contributed by atoms with E-state index in [9.17, 15) is 4.79 Å². The van der Waals surface area contributed by atoms with E-state index in [1.807, 2.05) is 19.1 Å². The van der Waals surface area contributed by atoms with Gasteiger partial charge in [0.2, 0.25) is 5.91 Å². The molecule has 0 aliphatic heterocycles. The number of nitrogens with one attached hydrogen (secondary N) is 1. The fourth-order valence-corrected chi connectivity index (χ4v) is 1.19. The van der Waals surface area contributed by atoms with E-state index in [1.54, 1.807) is 20.1 Å². The Morgan fingerprint density at radius 3 is 2.80 bits per heavy atom. The van der Waals surface area contributed by atoms with Crippen LogP contribution >= 0.6 is 0 Å². The molecule has 1 aromatic rings. The molecule has 1 rings (SSSR count). The summed E-state index contributed by atoms with van der Waals surface area (Å²) in [6.45, 7) is 5.29. The Bertz CT molecular complexity index is 312. The van der Waals surface area contributed by atoms with Gasteiger partial charge in [-0.3, -0.25) is 4.79 Å². The molecular formula is C11H18N2O2. The van der Waals surface area contributed by atoms with Crippen LogP contribution in [0.15, 0.2) is 22.8 Å². The van der Waals surface area contributed by atoms with Crippen molar-refractivity contribution in [3.8, 4) is 0 Å². The van der Waals surface area contributed by atoms with Crippen molar-refractivity contribution in [2.75, 3.05) is 0 Å². The first kappa shape index (κ1) is 11.8. The Morgan fingerprint density at radius 2 is 2.33 bits per heavy atom. The van der Waals surface area contributed by atoms with Gasteiger partial charge in [0.05, 0.1) is 11.8 Å². The molecule has 1 heterocycles. The highest BCUT2D eigenvalue weighted by atomic mass is 16.3. The van der Waals surface area contributed by atoms with Crippen LogP contribution in [0.2, 0.25) is 0 Å². The third kappa shape index (κ3) is 3.75. The summed E-state index contributed by atoms with van der Waals surface area (Å²) in [4.78, 5) is 11.5. The van der Waals surface area contributed by atoms with E-state index in [2.05, 4.69) is 5.32 Å². The molecule has 1 amide bonds. The number of hydrogen-bond acceptors (Lipinski definition) is 3. The zero-order valence-electron chi connectivity index (χ0n) is 9.41. The van der Waals surface area contributed by atoms with Crippen LogP contribution in [0.1, 0.15) is 26.5 Å². The van der Waals surface area contributed by atoms with Gasteiger partial charge in [0.1, 0.15) is 5.76 Å². The summed E-state index contributed by atoms with van der Waals surface area (Å²) in [6, 6.07) is 3.74. The molecule has 3 N–H and O–H groups in total. The number of nitrogens with two attached hydrogens (primary N) is 1. The number of furan rings is 1. The molecule has 0 bridgehead atoms. The van der Waals surface area contributed by atoms with Gasteiger partial charge in [-0.05, 0) is 32.9 Å². The molecule has 1 unspecified atom stereocenters. The summed E-state index contributed by atoms with van der Waals surface area (Å²) in [5, 5.41) is 2.83. The molecule has 0 radical (unpaired) electrons. The molecule has 84 valence electrons. The van der Waals surface area contributed by atoms with Crippen LogP contribution < -0.4 is 11.1 Å². The molecule has 1 aromatic heterocycles. The lowest BCUT2D eigenvalue weighted by atomic mass is 10.1. The fraction of sp³-hybridized carbons (Fsp3) is 0.545. The summed E-state index contributed by atoms with van der Waals surface area (Å²) in [7, 11) is 0. The van der Waals surface area contributed by atoms with E-state index in [4.69, 9.17) is 10.2 Å². The summed E-state index contributed by atoms with van der Waals surface area (Å²) >= 11 is 0. The normalized spacial score (nSPS) is 13.6. The second-order valence-corrected chi connectivity index (χ2v) is 4.38. The molecule has 4 heteroatoms. The first-order valence-electron chi connectivity index (χ1n) is 5.02. The first-order chi connectivity index (χ1) is 6.89. The number of rotatable bonds is 4. The van der Waals surface area contributed by atoms with Crippen LogP contribution in [-0.4, -0.2) is 17.5 Å². The number of amides is 1. The first-order valence-corrected chi connectivity index (χ1v) is 5.02. The number of carbonyl (C=O) groups excluding carboxylic acids is 1. The van der Waals surface area contributed by atoms with Crippen molar-refractivity contribution in [2.45, 2.75) is 38.8 Å². The lowest BCUT2D eigenvalue weighted by Gasteiger charge is -2.21. The quantitative estimate of drug-likeness (QED) is 0.781. The van der Waals surface area contributed by atoms with Gasteiger partial charge in [-0.2, -0.15) is 0 Å². The molecule has 0 spiro atoms. The number of carbonyl (C=O) groups is 1. The minimum Gasteiger partial charge on any atom is -0.469 e. The predicted octanol–water partition coefficient (Wildman–Crippen LogP) is 1.06. The molecule has 0 saturated carbocycles. The van der Waals surface area contributed by atoms with Gasteiger partial charge in [0.25, 0.3) is 0 Å². The maximum Gasteiger partial charge on any atom is 0.239 e. The van der Waals surface area contributed by atoms with Gasteiger partial charge in [0.15, 0.2) is 0 Å². The molecule has 0 aromatic carbocycles. The lowest BCUT2D eigenvalue weighted by molar-refractivity contribution is -0.125. The van der Waals surface area contributed by atoms with Gasteiger partial charge in [-0.1, -0.05) is 0 Å². The molecule has 15 heavy (non-hydrogen) atoms. The molecule has 0 fully saturated rings. The van der Waals surface area contributed by atoms with Gasteiger partial charge in [-0.15, -0.1) is 0 Å². The van der Waals surface area contributed by atoms with E-state index in [0.717, 1.165) is 5.76 Å². The predicted molar refractivity (Wildman–Crippen MR) is 58.3 cm³/mol. The van der Waals surface area contributed by atoms with E-state index < -0.39 is 5.54 Å². The summed E-state index contributed by atoms with van der Waals surface area (Å²) in [5.74, 6) is 0.708. The van der Waals surface area contributed by atoms with Crippen LogP contribution in [0.3, 0.4) is 0 Å². The van der Waals surface area contributed by atoms with Crippen molar-refractivity contribution in [3.63, 3.8) is 0 Å². The summed E-state index contributed by atoms with van der Waals surface area (Å²) in [5.41, 5.74) is 4.83. The molecule has 1 atom stereocenters. The van der Waals surface area contributed by atoms with Crippen molar-refractivity contribution in [1.29, 1.82) is 0 Å². The molecule has 4 nitrogen and oxygen atoms in total. The third-order valence-corrected chi connectivity index (χ3v) is 2.05. The smallest absolute Gasteiger partial charge is 0.239 e. The van der Waals surface area contributed by atoms with Crippen LogP contribution in [-0.2, 0) is 11.2 Å². The Labute approximate surface area is 89.8 Å². The van der Waals surface area contributed by atoms with Crippen molar-refractivity contribution in [3.05, 3.63) is 24.2 Å². The second kappa shape index (κ2) is 4.49. The van der Waals surface area contributed by atoms with E-state index in [1.165, 1.54) is 0 Å². The topological polar surface area (TPSA) is 68.3 Å². The highest BCUT2D eigenvalue weighted by Crippen LogP contribution is 2.05. The molecule has 0 aliphatic rings. The molecule has 0 saturated heterocycles. The van der Waals surface area contributed by atoms with E-state index in [-0.39, 0.29) is 11.9 Å². The van der Waals surface area contributed by atoms with Crippen LogP contribution in [0, 0.1) is 0 Å². The Hall–Kier alpha value is -1.29. The Balaban J connectivity index is 2.43. The van der Waals surface area contributed by atoms with Gasteiger partial charge >= 0.3 is 0 Å². The third-order valence-electron chi connectivity index (χ3n) is 2.05. The SMILES string of the molecule is CC(Cc1ccco1)NC(=O)C(C)(C)N. The zero-order chi connectivity index (χ0) is 11.5. The molecular weight excluding hydrogens is 192 g/mol. The van der Waals surface area contributed by atoms with Crippen LogP contribution in [0.5, 0.6) is 0 Å². The summed E-state index contributed by atoms with van der Waals surface area (Å²) in [6.07, 6.45) is 2.30. The maximum atomic E-state index is 11.5. The minimum absolute atomic E-state index is 0.0199. The van der Waals surface area contributed by atoms with E-state index in [0.29, 0.717) is 6.42 Å². The van der Waals surface area contributed by atoms with Gasteiger partial charge in [-0.25, -0.2) is 0 Å². The van der Waals surface area contributed by atoms with Crippen molar-refractivity contribution >= 4 is 5.91 Å². The average molecular weight is 210 g/mol. The molecule has 0 aliphatic carbocycles. The highest BCUT2D eigenvalue weighted by molar-refractivity contribution is 5.85. The maximum absolute atomic E-state index is 11.5. The average Bonchev–Trinajstić information content (AvgIpc) is 2.54. The Morgan fingerprint density at radius 1 is 1.67 bits per heavy atom. The highest BCUT2D eigenvalue weighted by Gasteiger charge is 2.23. The number of hydrogen-bond donors (Lipinski definition) is 2. The second-order valence-electron chi connectivity index (χ2n) is 4.38. The van der Waals surface area contributed by atoms with Crippen LogP contribution in [0.4, 0.5) is 0 Å². The van der Waals surface area contributed by atoms with Gasteiger partial charge < -0.3 is 15.5 Å². The lowest BCUT2D eigenvalue weighted by Crippen LogP contribution is -2.51. The largest absolute Gasteiger partial charge is 0.469 e. The van der Waals surface area contributed by atoms with Crippen molar-refractivity contribution in [1.82, 2.24) is 5.32 Å². The van der Waals surface area contributed by atoms with E-state index >= 15 is 0 Å². The minimum atomic E-state index is -0.836. The van der Waals surface area contributed by atoms with Crippen molar-refractivity contribution < 1.29 is 9.21 Å². The van der Waals surface area contributed by atoms with Gasteiger partial charge in [0, 0.05) is 12.5 Å². The summed E-state index contributed by atoms with van der Waals surface area (Å²) < 4.78 is 5.19. The Kier molecular flexibility index (Phi) is 3.52. The fourth-order valence-electron chi connectivity index (χ4n) is 1.19. The van der Waals surface area contributed by atoms with Crippen molar-refractivity contribution in [2.24, 2.45) is 5.73 Å².